The largest absolute Gasteiger partial charge is 0.325 e. The molecule has 0 aliphatic rings. The van der Waals surface area contributed by atoms with Gasteiger partial charge in [-0.25, -0.2) is 13.1 Å². The zero-order valence-electron chi connectivity index (χ0n) is 15.7. The lowest BCUT2D eigenvalue weighted by Gasteiger charge is -2.23. The molecule has 2 rings (SSSR count). The Kier molecular flexibility index (Phi) is 6.21. The van der Waals surface area contributed by atoms with E-state index < -0.39 is 15.9 Å². The van der Waals surface area contributed by atoms with Crippen molar-refractivity contribution in [3.63, 3.8) is 0 Å². The number of benzene rings is 2. The van der Waals surface area contributed by atoms with Crippen LogP contribution in [0, 0.1) is 0 Å². The highest BCUT2D eigenvalue weighted by molar-refractivity contribution is 7.89. The van der Waals surface area contributed by atoms with Crippen LogP contribution in [-0.4, -0.2) is 20.9 Å². The second-order valence-corrected chi connectivity index (χ2v) is 8.93. The molecule has 6 heteroatoms. The molecule has 0 saturated heterocycles. The molecule has 0 heterocycles. The Morgan fingerprint density at radius 2 is 1.62 bits per heavy atom. The fourth-order valence-corrected chi connectivity index (χ4v) is 3.57. The predicted octanol–water partition coefficient (Wildman–Crippen LogP) is 3.46. The van der Waals surface area contributed by atoms with Gasteiger partial charge in [0.05, 0.1) is 11.4 Å². The quantitative estimate of drug-likeness (QED) is 0.813. The topological polar surface area (TPSA) is 75.3 Å². The Bertz CT molecular complexity index is 867. The number of sulfonamides is 1. The molecule has 0 bridgehead atoms. The minimum atomic E-state index is -3.72. The van der Waals surface area contributed by atoms with Crippen LogP contribution >= 0.6 is 0 Å². The van der Waals surface area contributed by atoms with E-state index in [0.717, 1.165) is 17.5 Å². The van der Waals surface area contributed by atoms with Crippen LogP contribution in [0.25, 0.3) is 0 Å². The molecule has 26 heavy (non-hydrogen) atoms. The van der Waals surface area contributed by atoms with E-state index in [2.05, 4.69) is 30.8 Å². The standard InChI is InChI=1S/C20H26N2O3S/c1-5-15-10-12-16(13-11-15)26(24,25)21-14-19(23)22-18-9-7-6-8-17(18)20(2,3)4/h6-13,21H,5,14H2,1-4H3,(H,22,23). The van der Waals surface area contributed by atoms with E-state index in [1.165, 1.54) is 0 Å². The number of hydrogen-bond donors (Lipinski definition) is 2. The number of amides is 1. The highest BCUT2D eigenvalue weighted by Crippen LogP contribution is 2.29. The van der Waals surface area contributed by atoms with E-state index in [-0.39, 0.29) is 16.9 Å². The summed E-state index contributed by atoms with van der Waals surface area (Å²) in [6.07, 6.45) is 0.837. The van der Waals surface area contributed by atoms with Gasteiger partial charge in [-0.3, -0.25) is 4.79 Å². The first-order valence-electron chi connectivity index (χ1n) is 8.61. The Labute approximate surface area is 155 Å². The Morgan fingerprint density at radius 3 is 2.19 bits per heavy atom. The van der Waals surface area contributed by atoms with Crippen LogP contribution in [0.2, 0.25) is 0 Å². The number of carbonyl (C=O) groups is 1. The summed E-state index contributed by atoms with van der Waals surface area (Å²) in [6, 6.07) is 14.2. The monoisotopic (exact) mass is 374 g/mol. The molecular weight excluding hydrogens is 348 g/mol. The van der Waals surface area contributed by atoms with Crippen LogP contribution < -0.4 is 10.0 Å². The molecule has 0 fully saturated rings. The van der Waals surface area contributed by atoms with Crippen LogP contribution in [0.4, 0.5) is 5.69 Å². The Hall–Kier alpha value is -2.18. The fourth-order valence-electron chi connectivity index (χ4n) is 2.59. The van der Waals surface area contributed by atoms with Gasteiger partial charge in [0.1, 0.15) is 0 Å². The third-order valence-electron chi connectivity index (χ3n) is 4.07. The molecule has 0 aliphatic heterocycles. The number of hydrogen-bond acceptors (Lipinski definition) is 3. The summed E-state index contributed by atoms with van der Waals surface area (Å²) in [5, 5.41) is 2.79. The lowest BCUT2D eigenvalue weighted by Crippen LogP contribution is -2.33. The summed E-state index contributed by atoms with van der Waals surface area (Å²) >= 11 is 0. The molecule has 2 aromatic carbocycles. The molecule has 0 saturated carbocycles. The molecule has 0 atom stereocenters. The van der Waals surface area contributed by atoms with Crippen molar-refractivity contribution in [3.05, 3.63) is 59.7 Å². The molecule has 1 amide bonds. The fraction of sp³-hybridized carbons (Fsp3) is 0.350. The maximum Gasteiger partial charge on any atom is 0.241 e. The van der Waals surface area contributed by atoms with E-state index in [9.17, 15) is 13.2 Å². The number of carbonyl (C=O) groups excluding carboxylic acids is 1. The normalized spacial score (nSPS) is 12.0. The van der Waals surface area contributed by atoms with Gasteiger partial charge < -0.3 is 5.32 Å². The predicted molar refractivity (Wildman–Crippen MR) is 105 cm³/mol. The van der Waals surface area contributed by atoms with E-state index in [1.807, 2.05) is 31.2 Å². The van der Waals surface area contributed by atoms with Gasteiger partial charge in [0, 0.05) is 5.69 Å². The van der Waals surface area contributed by atoms with Crippen molar-refractivity contribution in [2.45, 2.75) is 44.4 Å². The van der Waals surface area contributed by atoms with Crippen LogP contribution in [0.5, 0.6) is 0 Å². The molecule has 0 aliphatic carbocycles. The van der Waals surface area contributed by atoms with Gasteiger partial charge in [-0.2, -0.15) is 0 Å². The van der Waals surface area contributed by atoms with Gasteiger partial charge >= 0.3 is 0 Å². The second kappa shape index (κ2) is 8.01. The first-order valence-corrected chi connectivity index (χ1v) is 10.1. The number of anilines is 1. The van der Waals surface area contributed by atoms with Crippen molar-refractivity contribution in [2.24, 2.45) is 0 Å². The van der Waals surface area contributed by atoms with Gasteiger partial charge in [0.25, 0.3) is 0 Å². The first kappa shape index (κ1) is 20.1. The van der Waals surface area contributed by atoms with Crippen molar-refractivity contribution < 1.29 is 13.2 Å². The maximum absolute atomic E-state index is 12.3. The first-order chi connectivity index (χ1) is 12.1. The summed E-state index contributed by atoms with van der Waals surface area (Å²) in [5.74, 6) is -0.407. The van der Waals surface area contributed by atoms with Crippen LogP contribution in [0.15, 0.2) is 53.4 Å². The molecule has 2 N–H and O–H groups in total. The average Bonchev–Trinajstić information content (AvgIpc) is 2.60. The highest BCUT2D eigenvalue weighted by Gasteiger charge is 2.20. The minimum absolute atomic E-state index is 0.135. The number of rotatable bonds is 6. The molecule has 5 nitrogen and oxygen atoms in total. The molecule has 2 aromatic rings. The van der Waals surface area contributed by atoms with E-state index in [0.29, 0.717) is 5.69 Å². The third-order valence-corrected chi connectivity index (χ3v) is 5.49. The van der Waals surface area contributed by atoms with Crippen molar-refractivity contribution >= 4 is 21.6 Å². The van der Waals surface area contributed by atoms with Gasteiger partial charge in [0.15, 0.2) is 0 Å². The van der Waals surface area contributed by atoms with Gasteiger partial charge in [0.2, 0.25) is 15.9 Å². The molecule has 0 aromatic heterocycles. The molecule has 0 unspecified atom stereocenters. The zero-order chi connectivity index (χ0) is 19.4. The SMILES string of the molecule is CCc1ccc(S(=O)(=O)NCC(=O)Nc2ccccc2C(C)(C)C)cc1. The van der Waals surface area contributed by atoms with Gasteiger partial charge in [-0.1, -0.05) is 58.0 Å². The van der Waals surface area contributed by atoms with Crippen molar-refractivity contribution in [2.75, 3.05) is 11.9 Å². The Balaban J connectivity index is 2.05. The highest BCUT2D eigenvalue weighted by atomic mass is 32.2. The summed E-state index contributed by atoms with van der Waals surface area (Å²) < 4.78 is 27.0. The van der Waals surface area contributed by atoms with Crippen molar-refractivity contribution in [1.82, 2.24) is 4.72 Å². The summed E-state index contributed by atoms with van der Waals surface area (Å²) in [6.45, 7) is 7.85. The molecule has 0 spiro atoms. The van der Waals surface area contributed by atoms with Gasteiger partial charge in [-0.15, -0.1) is 0 Å². The maximum atomic E-state index is 12.3. The number of aryl methyl sites for hydroxylation is 1. The van der Waals surface area contributed by atoms with Crippen molar-refractivity contribution in [3.8, 4) is 0 Å². The lowest BCUT2D eigenvalue weighted by molar-refractivity contribution is -0.115. The Morgan fingerprint density at radius 1 is 1.00 bits per heavy atom. The second-order valence-electron chi connectivity index (χ2n) is 7.17. The van der Waals surface area contributed by atoms with E-state index in [4.69, 9.17) is 0 Å². The van der Waals surface area contributed by atoms with Crippen LogP contribution in [-0.2, 0) is 26.7 Å². The third kappa shape index (κ3) is 5.16. The van der Waals surface area contributed by atoms with Crippen LogP contribution in [0.3, 0.4) is 0 Å². The zero-order valence-corrected chi connectivity index (χ0v) is 16.5. The minimum Gasteiger partial charge on any atom is -0.325 e. The average molecular weight is 375 g/mol. The summed E-state index contributed by atoms with van der Waals surface area (Å²) in [7, 11) is -3.72. The van der Waals surface area contributed by atoms with E-state index >= 15 is 0 Å². The molecule has 0 radical (unpaired) electrons. The number of nitrogens with one attached hydrogen (secondary N) is 2. The van der Waals surface area contributed by atoms with Gasteiger partial charge in [-0.05, 0) is 41.2 Å². The van der Waals surface area contributed by atoms with Crippen LogP contribution in [0.1, 0.15) is 38.8 Å². The lowest BCUT2D eigenvalue weighted by atomic mass is 9.86. The smallest absolute Gasteiger partial charge is 0.241 e. The molecular formula is C20H26N2O3S. The van der Waals surface area contributed by atoms with Crippen molar-refractivity contribution in [1.29, 1.82) is 0 Å². The summed E-state index contributed by atoms with van der Waals surface area (Å²) in [5.41, 5.74) is 2.60. The summed E-state index contributed by atoms with van der Waals surface area (Å²) in [4.78, 5) is 12.4. The number of para-hydroxylation sites is 1. The molecule has 140 valence electrons. The van der Waals surface area contributed by atoms with E-state index in [1.54, 1.807) is 24.3 Å².